The molecule has 1 aliphatic heterocycles. The number of oxime groups is 1. The number of carbonyl (C=O) groups excluding carboxylic acids is 2. The maximum absolute atomic E-state index is 12.6. The van der Waals surface area contributed by atoms with Gasteiger partial charge in [0, 0.05) is 17.8 Å². The van der Waals surface area contributed by atoms with Crippen molar-refractivity contribution in [3.05, 3.63) is 59.3 Å². The van der Waals surface area contributed by atoms with Gasteiger partial charge in [-0.05, 0) is 42.4 Å². The highest BCUT2D eigenvalue weighted by atomic mass is 32.2. The van der Waals surface area contributed by atoms with Crippen molar-refractivity contribution in [1.82, 2.24) is 10.3 Å². The van der Waals surface area contributed by atoms with Gasteiger partial charge in [0.1, 0.15) is 18.5 Å². The topological polar surface area (TPSA) is 89.9 Å². The van der Waals surface area contributed by atoms with Crippen molar-refractivity contribution in [3.63, 3.8) is 0 Å². The molecule has 0 radical (unpaired) electrons. The van der Waals surface area contributed by atoms with Crippen LogP contribution in [0.1, 0.15) is 23.6 Å². The van der Waals surface area contributed by atoms with Crippen molar-refractivity contribution in [2.75, 3.05) is 6.61 Å². The first-order valence-corrected chi connectivity index (χ1v) is 9.54. The summed E-state index contributed by atoms with van der Waals surface area (Å²) < 4.78 is 43.1. The molecule has 1 atom stereocenters. The first-order chi connectivity index (χ1) is 14.2. The fraction of sp³-hybridized carbons (Fsp3) is 0.263. The molecule has 1 unspecified atom stereocenters. The average Bonchev–Trinajstić information content (AvgIpc) is 3.03. The normalized spacial score (nSPS) is 17.1. The zero-order valence-corrected chi connectivity index (χ0v) is 16.4. The van der Waals surface area contributed by atoms with Crippen LogP contribution in [-0.4, -0.2) is 33.7 Å². The third-order valence-corrected chi connectivity index (χ3v) is 4.97. The van der Waals surface area contributed by atoms with E-state index >= 15 is 0 Å². The van der Waals surface area contributed by atoms with E-state index < -0.39 is 28.1 Å². The van der Waals surface area contributed by atoms with Gasteiger partial charge < -0.3 is 9.57 Å². The van der Waals surface area contributed by atoms with E-state index in [4.69, 9.17) is 9.57 Å². The Morgan fingerprint density at radius 2 is 1.93 bits per heavy atom. The van der Waals surface area contributed by atoms with Crippen LogP contribution in [-0.2, 0) is 22.4 Å². The molecule has 0 spiro atoms. The zero-order valence-electron chi connectivity index (χ0n) is 15.6. The summed E-state index contributed by atoms with van der Waals surface area (Å²) in [5.41, 5.74) is 0.988. The van der Waals surface area contributed by atoms with Gasteiger partial charge in [0.15, 0.2) is 0 Å². The molecule has 0 bridgehead atoms. The number of alkyl halides is 3. The number of hydrogen-bond acceptors (Lipinski definition) is 7. The molecule has 0 saturated carbocycles. The lowest BCUT2D eigenvalue weighted by atomic mass is 10.1. The molecule has 1 aromatic heterocycles. The van der Waals surface area contributed by atoms with E-state index in [1.54, 1.807) is 19.1 Å². The molecule has 1 aliphatic rings. The van der Waals surface area contributed by atoms with Gasteiger partial charge >= 0.3 is 6.18 Å². The number of nitrogens with one attached hydrogen (secondary N) is 1. The summed E-state index contributed by atoms with van der Waals surface area (Å²) in [7, 11) is 0. The van der Waals surface area contributed by atoms with Crippen LogP contribution in [0.4, 0.5) is 18.0 Å². The smallest absolute Gasteiger partial charge is 0.416 e. The van der Waals surface area contributed by atoms with Crippen LogP contribution in [0.2, 0.25) is 0 Å². The summed E-state index contributed by atoms with van der Waals surface area (Å²) in [6.07, 6.45) is -2.88. The van der Waals surface area contributed by atoms with Gasteiger partial charge in [0.2, 0.25) is 11.8 Å². The number of pyridine rings is 1. The van der Waals surface area contributed by atoms with E-state index in [0.717, 1.165) is 23.9 Å². The van der Waals surface area contributed by atoms with E-state index in [-0.39, 0.29) is 19.1 Å². The number of amides is 2. The molecule has 1 aromatic carbocycles. The molecule has 158 valence electrons. The van der Waals surface area contributed by atoms with Gasteiger partial charge in [-0.1, -0.05) is 17.3 Å². The van der Waals surface area contributed by atoms with Crippen LogP contribution in [0, 0.1) is 0 Å². The molecular formula is C19H16F3N3O4S. The third-order valence-electron chi connectivity index (χ3n) is 4.02. The molecule has 3 rings (SSSR count). The average molecular weight is 439 g/mol. The van der Waals surface area contributed by atoms with E-state index in [2.05, 4.69) is 15.5 Å². The number of nitrogens with zero attached hydrogens (tertiary/aromatic N) is 2. The fourth-order valence-corrected chi connectivity index (χ4v) is 3.11. The Labute approximate surface area is 173 Å². The SMILES string of the molecule is C/C(=N\OCc1ccc(C(F)(F)F)cc1)c1ccc(OCC2SC(=O)NC2=O)nc1. The van der Waals surface area contributed by atoms with Crippen molar-refractivity contribution in [2.24, 2.45) is 5.16 Å². The van der Waals surface area contributed by atoms with Crippen molar-refractivity contribution < 1.29 is 32.3 Å². The van der Waals surface area contributed by atoms with Crippen LogP contribution >= 0.6 is 11.8 Å². The molecular weight excluding hydrogens is 423 g/mol. The largest absolute Gasteiger partial charge is 0.476 e. The lowest BCUT2D eigenvalue weighted by Crippen LogP contribution is -2.28. The Kier molecular flexibility index (Phi) is 6.60. The predicted octanol–water partition coefficient (Wildman–Crippen LogP) is 3.77. The second kappa shape index (κ2) is 9.16. The summed E-state index contributed by atoms with van der Waals surface area (Å²) in [6, 6.07) is 7.91. The van der Waals surface area contributed by atoms with E-state index in [9.17, 15) is 22.8 Å². The molecule has 2 heterocycles. The molecule has 30 heavy (non-hydrogen) atoms. The minimum Gasteiger partial charge on any atom is -0.476 e. The Morgan fingerprint density at radius 1 is 1.20 bits per heavy atom. The van der Waals surface area contributed by atoms with Crippen molar-refractivity contribution in [1.29, 1.82) is 0 Å². The van der Waals surface area contributed by atoms with Gasteiger partial charge in [-0.3, -0.25) is 14.9 Å². The Bertz CT molecular complexity index is 947. The Hall–Kier alpha value is -3.08. The summed E-state index contributed by atoms with van der Waals surface area (Å²) in [5, 5.41) is 5.10. The number of imide groups is 1. The van der Waals surface area contributed by atoms with Crippen LogP contribution in [0.15, 0.2) is 47.8 Å². The predicted molar refractivity (Wildman–Crippen MR) is 103 cm³/mol. The van der Waals surface area contributed by atoms with Gasteiger partial charge in [0.05, 0.1) is 11.3 Å². The maximum atomic E-state index is 12.6. The lowest BCUT2D eigenvalue weighted by Gasteiger charge is -2.08. The number of aromatic nitrogens is 1. The maximum Gasteiger partial charge on any atom is 0.416 e. The van der Waals surface area contributed by atoms with Gasteiger partial charge in [-0.15, -0.1) is 0 Å². The molecule has 2 aromatic rings. The minimum atomic E-state index is -4.38. The molecule has 1 saturated heterocycles. The van der Waals surface area contributed by atoms with Gasteiger partial charge in [-0.25, -0.2) is 4.98 Å². The molecule has 1 N–H and O–H groups in total. The highest BCUT2D eigenvalue weighted by Gasteiger charge is 2.32. The minimum absolute atomic E-state index is 0.0118. The monoisotopic (exact) mass is 439 g/mol. The number of carbonyl (C=O) groups is 2. The number of halogens is 3. The highest BCUT2D eigenvalue weighted by molar-refractivity contribution is 8.15. The summed E-state index contributed by atoms with van der Waals surface area (Å²) in [5.74, 6) is -0.111. The van der Waals surface area contributed by atoms with E-state index in [1.165, 1.54) is 18.3 Å². The third kappa shape index (κ3) is 5.72. The fourth-order valence-electron chi connectivity index (χ4n) is 2.39. The molecule has 0 aliphatic carbocycles. The second-order valence-corrected chi connectivity index (χ2v) is 7.40. The Morgan fingerprint density at radius 3 is 2.50 bits per heavy atom. The number of hydrogen-bond donors (Lipinski definition) is 1. The first-order valence-electron chi connectivity index (χ1n) is 8.66. The molecule has 11 heteroatoms. The molecule has 1 fully saturated rings. The highest BCUT2D eigenvalue weighted by Crippen LogP contribution is 2.29. The number of rotatable bonds is 7. The quantitative estimate of drug-likeness (QED) is 0.522. The van der Waals surface area contributed by atoms with Crippen LogP contribution < -0.4 is 10.1 Å². The summed E-state index contributed by atoms with van der Waals surface area (Å²) in [6.45, 7) is 1.72. The standard InChI is InChI=1S/C19H16F3N3O4S/c1-11(25-29-9-12-2-5-14(6-3-12)19(20,21)22)13-4-7-16(23-8-13)28-10-15-17(26)24-18(27)30-15/h2-8,15H,9-10H2,1H3,(H,24,26,27)/b25-11+. The number of thioether (sulfide) groups is 1. The van der Waals surface area contributed by atoms with Gasteiger partial charge in [0.25, 0.3) is 5.24 Å². The van der Waals surface area contributed by atoms with Crippen molar-refractivity contribution in [2.45, 2.75) is 25.0 Å². The number of benzene rings is 1. The van der Waals surface area contributed by atoms with E-state index in [1.807, 2.05) is 0 Å². The zero-order chi connectivity index (χ0) is 21.7. The first kappa shape index (κ1) is 21.6. The summed E-state index contributed by atoms with van der Waals surface area (Å²) >= 11 is 0.866. The molecule has 2 amide bonds. The lowest BCUT2D eigenvalue weighted by molar-refractivity contribution is -0.137. The van der Waals surface area contributed by atoms with E-state index in [0.29, 0.717) is 16.8 Å². The summed E-state index contributed by atoms with van der Waals surface area (Å²) in [4.78, 5) is 31.9. The van der Waals surface area contributed by atoms with Crippen molar-refractivity contribution in [3.8, 4) is 5.88 Å². The van der Waals surface area contributed by atoms with Gasteiger partial charge in [-0.2, -0.15) is 13.2 Å². The van der Waals surface area contributed by atoms with Crippen molar-refractivity contribution >= 4 is 28.6 Å². The van der Waals surface area contributed by atoms with Crippen LogP contribution in [0.25, 0.3) is 0 Å². The number of ether oxygens (including phenoxy) is 1. The Balaban J connectivity index is 1.50. The van der Waals surface area contributed by atoms with Crippen LogP contribution in [0.3, 0.4) is 0 Å². The molecule has 7 nitrogen and oxygen atoms in total. The second-order valence-electron chi connectivity index (χ2n) is 6.22. The van der Waals surface area contributed by atoms with Crippen LogP contribution in [0.5, 0.6) is 5.88 Å².